The first-order valence-electron chi connectivity index (χ1n) is 7.30. The summed E-state index contributed by atoms with van der Waals surface area (Å²) in [5.41, 5.74) is 4.27. The van der Waals surface area contributed by atoms with Gasteiger partial charge in [0, 0.05) is 0 Å². The van der Waals surface area contributed by atoms with Crippen molar-refractivity contribution in [3.05, 3.63) is 34.9 Å². The second-order valence-corrected chi connectivity index (χ2v) is 5.00. The molecule has 1 nitrogen and oxygen atoms in total. The quantitative estimate of drug-likeness (QED) is 0.646. The topological polar surface area (TPSA) is 9.23 Å². The molecule has 98 valence electrons. The molecule has 1 aromatic rings. The van der Waals surface area contributed by atoms with E-state index in [1.807, 2.05) is 13.8 Å². The molecule has 0 saturated heterocycles. The van der Waals surface area contributed by atoms with E-state index in [4.69, 9.17) is 4.74 Å². The number of allylic oxidation sites excluding steroid dienone is 1. The van der Waals surface area contributed by atoms with Crippen LogP contribution in [0.1, 0.15) is 50.3 Å². The van der Waals surface area contributed by atoms with Crippen LogP contribution in [-0.2, 0) is 12.8 Å². The molecule has 0 N–H and O–H groups in total. The molecular formula is C17H24O. The Balaban J connectivity index is 0.000000574. The van der Waals surface area contributed by atoms with Crippen molar-refractivity contribution < 1.29 is 4.74 Å². The smallest absolute Gasteiger partial charge is 0.123 e. The highest BCUT2D eigenvalue weighted by Crippen LogP contribution is 2.32. The van der Waals surface area contributed by atoms with E-state index >= 15 is 0 Å². The summed E-state index contributed by atoms with van der Waals surface area (Å²) in [4.78, 5) is 0. The third kappa shape index (κ3) is 2.77. The second kappa shape index (κ2) is 6.08. The fraction of sp³-hybridized carbons (Fsp3) is 0.529. The van der Waals surface area contributed by atoms with Gasteiger partial charge in [0.25, 0.3) is 0 Å². The van der Waals surface area contributed by atoms with Gasteiger partial charge in [0.2, 0.25) is 0 Å². The summed E-state index contributed by atoms with van der Waals surface area (Å²) in [6.45, 7) is 7.16. The van der Waals surface area contributed by atoms with Crippen molar-refractivity contribution in [1.29, 1.82) is 0 Å². The lowest BCUT2D eigenvalue weighted by Crippen LogP contribution is -2.05. The zero-order valence-corrected chi connectivity index (χ0v) is 11.8. The Morgan fingerprint density at radius 2 is 1.94 bits per heavy atom. The lowest BCUT2D eigenvalue weighted by molar-refractivity contribution is 0.316. The Bertz CT molecular complexity index is 431. The van der Waals surface area contributed by atoms with Crippen LogP contribution in [0.4, 0.5) is 0 Å². The van der Waals surface area contributed by atoms with Gasteiger partial charge in [-0.2, -0.15) is 0 Å². The van der Waals surface area contributed by atoms with Gasteiger partial charge in [0.1, 0.15) is 5.75 Å². The second-order valence-electron chi connectivity index (χ2n) is 5.00. The Hall–Kier alpha value is -1.24. The van der Waals surface area contributed by atoms with Crippen molar-refractivity contribution in [2.45, 2.75) is 46.5 Å². The van der Waals surface area contributed by atoms with Crippen molar-refractivity contribution in [3.63, 3.8) is 0 Å². The molecule has 0 radical (unpaired) electrons. The molecule has 2 aliphatic rings. The van der Waals surface area contributed by atoms with E-state index < -0.39 is 0 Å². The van der Waals surface area contributed by atoms with E-state index in [1.165, 1.54) is 42.4 Å². The third-order valence-corrected chi connectivity index (χ3v) is 3.57. The fourth-order valence-electron chi connectivity index (χ4n) is 2.64. The number of aryl methyl sites for hydroxylation is 1. The summed E-state index contributed by atoms with van der Waals surface area (Å²) in [6.07, 6.45) is 9.35. The molecule has 1 heterocycles. The minimum Gasteiger partial charge on any atom is -0.493 e. The standard InChI is InChI=1S/C15H18O.C2H6/c1-11-5-6-12-10-15-13(9-14(12)8-11)4-2-3-7-16-15;1-2/h5-6,9-11H,2-4,7-8H2,1H3;1-2H3. The monoisotopic (exact) mass is 244 g/mol. The summed E-state index contributed by atoms with van der Waals surface area (Å²) < 4.78 is 5.81. The molecule has 1 atom stereocenters. The summed E-state index contributed by atoms with van der Waals surface area (Å²) in [7, 11) is 0. The highest BCUT2D eigenvalue weighted by Gasteiger charge is 2.15. The highest BCUT2D eigenvalue weighted by atomic mass is 16.5. The maximum atomic E-state index is 5.81. The lowest BCUT2D eigenvalue weighted by atomic mass is 9.88. The van der Waals surface area contributed by atoms with Gasteiger partial charge in [0.15, 0.2) is 0 Å². The van der Waals surface area contributed by atoms with E-state index in [-0.39, 0.29) is 0 Å². The summed E-state index contributed by atoms with van der Waals surface area (Å²) in [5, 5.41) is 0. The van der Waals surface area contributed by atoms with Crippen LogP contribution in [0, 0.1) is 5.92 Å². The lowest BCUT2D eigenvalue weighted by Gasteiger charge is -2.18. The highest BCUT2D eigenvalue weighted by molar-refractivity contribution is 5.61. The zero-order valence-electron chi connectivity index (χ0n) is 11.8. The van der Waals surface area contributed by atoms with Crippen LogP contribution in [-0.4, -0.2) is 6.61 Å². The molecule has 1 aromatic carbocycles. The van der Waals surface area contributed by atoms with Gasteiger partial charge in [-0.25, -0.2) is 0 Å². The van der Waals surface area contributed by atoms with Crippen LogP contribution in [0.5, 0.6) is 5.75 Å². The number of hydrogen-bond acceptors (Lipinski definition) is 1. The van der Waals surface area contributed by atoms with Crippen LogP contribution >= 0.6 is 0 Å². The molecule has 0 bridgehead atoms. The van der Waals surface area contributed by atoms with Gasteiger partial charge in [0.05, 0.1) is 6.61 Å². The number of hydrogen-bond donors (Lipinski definition) is 0. The molecule has 18 heavy (non-hydrogen) atoms. The van der Waals surface area contributed by atoms with Gasteiger partial charge in [-0.3, -0.25) is 0 Å². The SMILES string of the molecule is CC.CC1C=Cc2cc3c(cc2C1)CCCCO3. The van der Waals surface area contributed by atoms with Crippen LogP contribution < -0.4 is 4.74 Å². The molecule has 0 amide bonds. The molecular weight excluding hydrogens is 220 g/mol. The minimum atomic E-state index is 0.678. The Morgan fingerprint density at radius 3 is 2.78 bits per heavy atom. The summed E-state index contributed by atoms with van der Waals surface area (Å²) >= 11 is 0. The molecule has 3 rings (SSSR count). The largest absolute Gasteiger partial charge is 0.493 e. The minimum absolute atomic E-state index is 0.678. The van der Waals surface area contributed by atoms with Crippen molar-refractivity contribution in [1.82, 2.24) is 0 Å². The molecule has 0 aromatic heterocycles. The van der Waals surface area contributed by atoms with Crippen molar-refractivity contribution >= 4 is 6.08 Å². The van der Waals surface area contributed by atoms with Crippen LogP contribution in [0.25, 0.3) is 6.08 Å². The van der Waals surface area contributed by atoms with Crippen molar-refractivity contribution in [2.75, 3.05) is 6.61 Å². The average molecular weight is 244 g/mol. The van der Waals surface area contributed by atoms with Crippen LogP contribution in [0.15, 0.2) is 18.2 Å². The average Bonchev–Trinajstić information content (AvgIpc) is 2.63. The van der Waals surface area contributed by atoms with E-state index in [2.05, 4.69) is 31.2 Å². The maximum absolute atomic E-state index is 5.81. The first kappa shape index (κ1) is 13.2. The normalized spacial score (nSPS) is 20.7. The van der Waals surface area contributed by atoms with Crippen LogP contribution in [0.2, 0.25) is 0 Å². The first-order chi connectivity index (χ1) is 8.83. The van der Waals surface area contributed by atoms with Gasteiger partial charge >= 0.3 is 0 Å². The van der Waals surface area contributed by atoms with Gasteiger partial charge in [-0.1, -0.05) is 39.0 Å². The van der Waals surface area contributed by atoms with Gasteiger partial charge in [-0.05, 0) is 54.4 Å². The predicted molar refractivity (Wildman–Crippen MR) is 78.1 cm³/mol. The fourth-order valence-corrected chi connectivity index (χ4v) is 2.64. The van der Waals surface area contributed by atoms with E-state index in [1.54, 1.807) is 0 Å². The Morgan fingerprint density at radius 1 is 1.11 bits per heavy atom. The van der Waals surface area contributed by atoms with Gasteiger partial charge in [-0.15, -0.1) is 0 Å². The first-order valence-corrected chi connectivity index (χ1v) is 7.30. The molecule has 1 unspecified atom stereocenters. The van der Waals surface area contributed by atoms with Crippen molar-refractivity contribution in [3.8, 4) is 5.75 Å². The number of fused-ring (bicyclic) bond motifs is 2. The predicted octanol–water partition coefficient (Wildman–Crippen LogP) is 4.63. The molecule has 1 aliphatic carbocycles. The maximum Gasteiger partial charge on any atom is 0.123 e. The molecule has 0 saturated carbocycles. The number of rotatable bonds is 0. The van der Waals surface area contributed by atoms with E-state index in [0.717, 1.165) is 12.4 Å². The van der Waals surface area contributed by atoms with Crippen LogP contribution in [0.3, 0.4) is 0 Å². The Labute approximate surface area is 111 Å². The summed E-state index contributed by atoms with van der Waals surface area (Å²) in [5.74, 6) is 1.80. The zero-order chi connectivity index (χ0) is 13.0. The molecule has 0 spiro atoms. The van der Waals surface area contributed by atoms with Gasteiger partial charge < -0.3 is 4.74 Å². The number of ether oxygens (including phenoxy) is 1. The van der Waals surface area contributed by atoms with E-state index in [0.29, 0.717) is 5.92 Å². The van der Waals surface area contributed by atoms with E-state index in [9.17, 15) is 0 Å². The van der Waals surface area contributed by atoms with Crippen molar-refractivity contribution in [2.24, 2.45) is 5.92 Å². The molecule has 0 fully saturated rings. The summed E-state index contributed by atoms with van der Waals surface area (Å²) in [6, 6.07) is 4.61. The Kier molecular flexibility index (Phi) is 4.46. The number of benzene rings is 1. The molecule has 1 heteroatoms. The molecule has 1 aliphatic heterocycles. The third-order valence-electron chi connectivity index (χ3n) is 3.57.